The predicted molar refractivity (Wildman–Crippen MR) is 148 cm³/mol. The Morgan fingerprint density at radius 3 is 1.94 bits per heavy atom. The van der Waals surface area contributed by atoms with Gasteiger partial charge in [-0.05, 0) is 78.1 Å². The second-order valence-corrected chi connectivity index (χ2v) is 11.4. The average molecular weight is 480 g/mol. The van der Waals surface area contributed by atoms with E-state index in [1.54, 1.807) is 11.9 Å². The van der Waals surface area contributed by atoms with Gasteiger partial charge in [0.25, 0.3) is 0 Å². The Kier molecular flexibility index (Phi) is 9.96. The van der Waals surface area contributed by atoms with Crippen LogP contribution in [0.5, 0.6) is 5.75 Å². The number of nitrogens with zero attached hydrogens (tertiary/aromatic N) is 1. The molecule has 0 unspecified atom stereocenters. The lowest BCUT2D eigenvalue weighted by Crippen LogP contribution is -2.26. The highest BCUT2D eigenvalue weighted by molar-refractivity contribution is 5.92. The summed E-state index contributed by atoms with van der Waals surface area (Å²) in [6.07, 6.45) is 4.07. The van der Waals surface area contributed by atoms with Gasteiger partial charge in [0, 0.05) is 12.1 Å². The molecule has 0 atom stereocenters. The number of unbranched alkanes of at least 4 members (excludes halogenated alkanes) is 3. The van der Waals surface area contributed by atoms with Gasteiger partial charge in [-0.3, -0.25) is 9.80 Å². The van der Waals surface area contributed by atoms with Gasteiger partial charge in [0.15, 0.2) is 0 Å². The number of ether oxygens (including phenoxy) is 1. The first kappa shape index (κ1) is 28.4. The number of benzene rings is 2. The van der Waals surface area contributed by atoms with E-state index in [9.17, 15) is 4.79 Å². The van der Waals surface area contributed by atoms with Crippen LogP contribution in [-0.4, -0.2) is 19.1 Å². The van der Waals surface area contributed by atoms with Crippen molar-refractivity contribution in [3.8, 4) is 5.75 Å². The summed E-state index contributed by atoms with van der Waals surface area (Å²) in [5.74, 6) is 7.34. The second-order valence-electron chi connectivity index (χ2n) is 11.4. The first-order chi connectivity index (χ1) is 16.3. The zero-order valence-corrected chi connectivity index (χ0v) is 22.8. The molecule has 2 aromatic carbocycles. The number of hydrogen-bond acceptors (Lipinski definition) is 4. The fourth-order valence-electron chi connectivity index (χ4n) is 3.59. The van der Waals surface area contributed by atoms with Crippen molar-refractivity contribution in [2.24, 2.45) is 5.84 Å². The third-order valence-electron chi connectivity index (χ3n) is 6.06. The van der Waals surface area contributed by atoms with E-state index in [4.69, 9.17) is 10.6 Å². The molecule has 0 saturated carbocycles. The number of carbonyl (C=O) groups is 1. The Labute approximate surface area is 212 Å². The van der Waals surface area contributed by atoms with E-state index >= 15 is 0 Å². The molecule has 2 aromatic rings. The summed E-state index contributed by atoms with van der Waals surface area (Å²) < 4.78 is 5.91. The second kappa shape index (κ2) is 12.3. The van der Waals surface area contributed by atoms with Crippen molar-refractivity contribution in [2.45, 2.75) is 85.0 Å². The van der Waals surface area contributed by atoms with Crippen molar-refractivity contribution >= 4 is 17.3 Å². The first-order valence-corrected chi connectivity index (χ1v) is 12.7. The summed E-state index contributed by atoms with van der Waals surface area (Å²) in [7, 11) is 0. The largest absolute Gasteiger partial charge is 0.494 e. The number of nitrogens with two attached hydrogens (primary N) is 1. The van der Waals surface area contributed by atoms with Crippen LogP contribution in [0.1, 0.15) is 85.3 Å². The van der Waals surface area contributed by atoms with E-state index in [-0.39, 0.29) is 16.7 Å². The maximum Gasteiger partial charge on any atom is 0.246 e. The number of carbonyl (C=O) groups excluding carboxylic acids is 1. The summed E-state index contributed by atoms with van der Waals surface area (Å²) in [5.41, 5.74) is 5.06. The fraction of sp³-hybridized carbons (Fsp3) is 0.500. The van der Waals surface area contributed by atoms with Crippen LogP contribution in [0.3, 0.4) is 0 Å². The zero-order valence-electron chi connectivity index (χ0n) is 22.8. The molecule has 0 saturated heterocycles. The van der Waals surface area contributed by atoms with Crippen molar-refractivity contribution in [2.75, 3.05) is 18.2 Å². The molecule has 0 aliphatic heterocycles. The minimum Gasteiger partial charge on any atom is -0.494 e. The minimum atomic E-state index is -0.0654. The van der Waals surface area contributed by atoms with Crippen molar-refractivity contribution < 1.29 is 9.53 Å². The SMILES string of the molecule is C=C(C)C(=O)NCCCCCCOc1ccc(N(N)c2cc(C(C)(C)C)cc(C(C)(C)C)c2)cc1. The van der Waals surface area contributed by atoms with E-state index < -0.39 is 0 Å². The van der Waals surface area contributed by atoms with Gasteiger partial charge in [-0.2, -0.15) is 0 Å². The minimum absolute atomic E-state index is 0.0348. The van der Waals surface area contributed by atoms with E-state index in [0.29, 0.717) is 18.7 Å². The van der Waals surface area contributed by atoms with Gasteiger partial charge < -0.3 is 10.1 Å². The van der Waals surface area contributed by atoms with Crippen LogP contribution in [0.4, 0.5) is 11.4 Å². The van der Waals surface area contributed by atoms with Gasteiger partial charge in [0.05, 0.1) is 18.0 Å². The highest BCUT2D eigenvalue weighted by Gasteiger charge is 2.22. The fourth-order valence-corrected chi connectivity index (χ4v) is 3.59. The van der Waals surface area contributed by atoms with Crippen LogP contribution in [-0.2, 0) is 15.6 Å². The van der Waals surface area contributed by atoms with E-state index in [2.05, 4.69) is 71.6 Å². The van der Waals surface area contributed by atoms with Gasteiger partial charge in [-0.1, -0.05) is 67.0 Å². The lowest BCUT2D eigenvalue weighted by atomic mass is 9.80. The summed E-state index contributed by atoms with van der Waals surface area (Å²) in [4.78, 5) is 11.4. The molecule has 3 N–H and O–H groups in total. The molecule has 0 radical (unpaired) electrons. The topological polar surface area (TPSA) is 67.6 Å². The van der Waals surface area contributed by atoms with Crippen molar-refractivity contribution in [1.29, 1.82) is 0 Å². The number of hydrogen-bond donors (Lipinski definition) is 2. The van der Waals surface area contributed by atoms with Crippen LogP contribution in [0.2, 0.25) is 0 Å². The molecule has 0 heterocycles. The van der Waals surface area contributed by atoms with Crippen LogP contribution in [0.25, 0.3) is 0 Å². The molecule has 0 aliphatic rings. The molecular weight excluding hydrogens is 434 g/mol. The molecule has 192 valence electrons. The Hall–Kier alpha value is -2.79. The smallest absolute Gasteiger partial charge is 0.246 e. The van der Waals surface area contributed by atoms with Gasteiger partial charge in [-0.15, -0.1) is 0 Å². The molecular formula is C30H45N3O2. The average Bonchev–Trinajstić information content (AvgIpc) is 2.79. The standard InChI is InChI=1S/C30H45N3O2/c1-22(2)28(34)32-17-11-9-10-12-18-35-27-15-13-25(14-16-27)33(31)26-20-23(29(3,4)5)19-24(21-26)30(6,7)8/h13-16,19-21H,1,9-12,17-18,31H2,2-8H3,(H,32,34). The summed E-state index contributed by atoms with van der Waals surface area (Å²) in [6, 6.07) is 14.6. The summed E-state index contributed by atoms with van der Waals surface area (Å²) in [5, 5.41) is 4.61. The molecule has 5 heteroatoms. The van der Waals surface area contributed by atoms with E-state index in [1.165, 1.54) is 11.1 Å². The summed E-state index contributed by atoms with van der Waals surface area (Å²) >= 11 is 0. The molecule has 1 amide bonds. The number of amides is 1. The molecule has 0 bridgehead atoms. The Bertz CT molecular complexity index is 950. The molecule has 0 aliphatic carbocycles. The van der Waals surface area contributed by atoms with Gasteiger partial charge in [0.2, 0.25) is 5.91 Å². The Morgan fingerprint density at radius 1 is 0.886 bits per heavy atom. The molecule has 0 aromatic heterocycles. The Balaban J connectivity index is 1.90. The predicted octanol–water partition coefficient (Wildman–Crippen LogP) is 6.92. The normalized spacial score (nSPS) is 11.8. The van der Waals surface area contributed by atoms with Gasteiger partial charge in [0.1, 0.15) is 5.75 Å². The van der Waals surface area contributed by atoms with Crippen LogP contribution < -0.4 is 20.9 Å². The molecule has 2 rings (SSSR count). The molecule has 0 spiro atoms. The first-order valence-electron chi connectivity index (χ1n) is 12.7. The summed E-state index contributed by atoms with van der Waals surface area (Å²) in [6.45, 7) is 20.1. The highest BCUT2D eigenvalue weighted by Crippen LogP contribution is 2.34. The lowest BCUT2D eigenvalue weighted by molar-refractivity contribution is -0.117. The Morgan fingerprint density at radius 2 is 1.43 bits per heavy atom. The third kappa shape index (κ3) is 9.06. The maximum atomic E-state index is 11.4. The van der Waals surface area contributed by atoms with Crippen LogP contribution in [0, 0.1) is 0 Å². The molecule has 5 nitrogen and oxygen atoms in total. The number of rotatable bonds is 11. The highest BCUT2D eigenvalue weighted by atomic mass is 16.5. The van der Waals surface area contributed by atoms with Crippen molar-refractivity contribution in [1.82, 2.24) is 5.32 Å². The van der Waals surface area contributed by atoms with Crippen molar-refractivity contribution in [3.63, 3.8) is 0 Å². The quantitative estimate of drug-likeness (QED) is 0.159. The third-order valence-corrected chi connectivity index (χ3v) is 6.06. The van der Waals surface area contributed by atoms with Gasteiger partial charge in [-0.25, -0.2) is 5.84 Å². The lowest BCUT2D eigenvalue weighted by Gasteiger charge is -2.29. The van der Waals surface area contributed by atoms with Crippen LogP contribution >= 0.6 is 0 Å². The van der Waals surface area contributed by atoms with E-state index in [1.807, 2.05) is 24.3 Å². The number of hydrazine groups is 1. The molecule has 35 heavy (non-hydrogen) atoms. The van der Waals surface area contributed by atoms with Crippen molar-refractivity contribution in [3.05, 3.63) is 65.7 Å². The maximum absolute atomic E-state index is 11.4. The number of anilines is 2. The number of nitrogens with one attached hydrogen (secondary N) is 1. The monoisotopic (exact) mass is 479 g/mol. The molecule has 0 fully saturated rings. The van der Waals surface area contributed by atoms with Crippen LogP contribution in [0.15, 0.2) is 54.6 Å². The van der Waals surface area contributed by atoms with E-state index in [0.717, 1.165) is 42.8 Å². The van der Waals surface area contributed by atoms with Gasteiger partial charge >= 0.3 is 0 Å². The zero-order chi connectivity index (χ0) is 26.2.